The van der Waals surface area contributed by atoms with Gasteiger partial charge in [-0.1, -0.05) is 42.0 Å². The summed E-state index contributed by atoms with van der Waals surface area (Å²) in [6.45, 7) is 3.27. The topological polar surface area (TPSA) is 86.2 Å². The molecule has 3 aromatic rings. The number of hydrogen-bond acceptors (Lipinski definition) is 5. The molecule has 0 fully saturated rings. The maximum absolute atomic E-state index is 12.0. The van der Waals surface area contributed by atoms with Gasteiger partial charge in [-0.15, -0.1) is 0 Å². The summed E-state index contributed by atoms with van der Waals surface area (Å²) in [5.74, 6) is 0.553. The Morgan fingerprint density at radius 3 is 2.38 bits per heavy atom. The highest BCUT2D eigenvalue weighted by Gasteiger charge is 2.04. The number of hydrogen-bond donors (Lipinski definition) is 3. The summed E-state index contributed by atoms with van der Waals surface area (Å²) in [4.78, 5) is 14.1. The average Bonchev–Trinajstić information content (AvgIpc) is 2.76. The number of benzene rings is 3. The zero-order chi connectivity index (χ0) is 22.9. The van der Waals surface area contributed by atoms with Crippen LogP contribution < -0.4 is 15.5 Å². The molecule has 0 saturated carbocycles. The number of phenolic OH excluding ortho intramolecular Hbond substituents is 1. The van der Waals surface area contributed by atoms with Crippen LogP contribution in [-0.2, 0) is 13.2 Å². The van der Waals surface area contributed by atoms with Crippen molar-refractivity contribution in [2.45, 2.75) is 20.1 Å². The first kappa shape index (κ1) is 22.8. The molecular weight excluding hydrogens is 404 g/mol. The first-order chi connectivity index (χ1) is 15.4. The third-order valence-corrected chi connectivity index (χ3v) is 4.61. The van der Waals surface area contributed by atoms with E-state index in [1.807, 2.05) is 69.6 Å². The molecule has 0 atom stereocenters. The number of nitrogens with one attached hydrogen (secondary N) is 2. The van der Waals surface area contributed by atoms with Gasteiger partial charge in [0.1, 0.15) is 18.1 Å². The molecule has 0 aliphatic carbocycles. The van der Waals surface area contributed by atoms with E-state index in [-0.39, 0.29) is 5.75 Å². The molecule has 0 unspecified atom stereocenters. The van der Waals surface area contributed by atoms with Crippen LogP contribution in [0.4, 0.5) is 10.5 Å². The van der Waals surface area contributed by atoms with Gasteiger partial charge in [-0.2, -0.15) is 5.10 Å². The molecule has 0 aliphatic rings. The van der Waals surface area contributed by atoms with Gasteiger partial charge >= 0.3 is 6.03 Å². The van der Waals surface area contributed by atoms with Crippen LogP contribution >= 0.6 is 0 Å². The molecule has 3 aromatic carbocycles. The standard InChI is InChI=1S/C25H28N4O3/c1-18-4-6-20(7-5-18)17-32-23-13-10-21(24(30)14-23)15-26-28-25(31)27-22-11-8-19(9-12-22)16-29(2)3/h4-15,30H,16-17H2,1-3H3,(H2,27,28,31)/b26-15+. The molecule has 0 heterocycles. The molecule has 3 N–H and O–H groups in total. The number of urea groups is 1. The monoisotopic (exact) mass is 432 g/mol. The molecule has 7 heteroatoms. The third kappa shape index (κ3) is 7.14. The van der Waals surface area contributed by atoms with E-state index in [1.165, 1.54) is 17.8 Å². The predicted octanol–water partition coefficient (Wildman–Crippen LogP) is 4.50. The van der Waals surface area contributed by atoms with Crippen molar-refractivity contribution in [3.8, 4) is 11.5 Å². The normalized spacial score (nSPS) is 11.0. The molecule has 0 spiro atoms. The Bertz CT molecular complexity index is 1060. The Balaban J connectivity index is 1.49. The molecule has 0 bridgehead atoms. The molecule has 166 valence electrons. The number of nitrogens with zero attached hydrogens (tertiary/aromatic N) is 2. The fourth-order valence-electron chi connectivity index (χ4n) is 2.95. The lowest BCUT2D eigenvalue weighted by Gasteiger charge is -2.10. The van der Waals surface area contributed by atoms with Crippen LogP contribution in [0, 0.1) is 6.92 Å². The van der Waals surface area contributed by atoms with Crippen molar-refractivity contribution >= 4 is 17.9 Å². The lowest BCUT2D eigenvalue weighted by molar-refractivity contribution is 0.252. The number of rotatable bonds is 8. The van der Waals surface area contributed by atoms with Gasteiger partial charge in [-0.25, -0.2) is 10.2 Å². The van der Waals surface area contributed by atoms with Crippen LogP contribution in [0.3, 0.4) is 0 Å². The summed E-state index contributed by atoms with van der Waals surface area (Å²) in [5.41, 5.74) is 6.90. The molecule has 3 rings (SSSR count). The van der Waals surface area contributed by atoms with Crippen molar-refractivity contribution in [2.24, 2.45) is 5.10 Å². The Labute approximate surface area is 188 Å². The number of aromatic hydroxyl groups is 1. The summed E-state index contributed by atoms with van der Waals surface area (Å²) in [6, 6.07) is 20.1. The fourth-order valence-corrected chi connectivity index (χ4v) is 2.95. The summed E-state index contributed by atoms with van der Waals surface area (Å²) in [6.07, 6.45) is 1.37. The van der Waals surface area contributed by atoms with Gasteiger partial charge in [0.05, 0.1) is 6.21 Å². The molecule has 0 radical (unpaired) electrons. The molecule has 2 amide bonds. The second-order valence-corrected chi connectivity index (χ2v) is 7.75. The van der Waals surface area contributed by atoms with Gasteiger partial charge in [0.15, 0.2) is 0 Å². The zero-order valence-electron chi connectivity index (χ0n) is 18.5. The molecular formula is C25H28N4O3. The van der Waals surface area contributed by atoms with Crippen molar-refractivity contribution in [1.82, 2.24) is 10.3 Å². The number of ether oxygens (including phenoxy) is 1. The van der Waals surface area contributed by atoms with E-state index in [4.69, 9.17) is 4.74 Å². The maximum atomic E-state index is 12.0. The van der Waals surface area contributed by atoms with E-state index >= 15 is 0 Å². The van der Waals surface area contributed by atoms with Crippen molar-refractivity contribution in [2.75, 3.05) is 19.4 Å². The van der Waals surface area contributed by atoms with Gasteiger partial charge in [0.2, 0.25) is 0 Å². The highest BCUT2D eigenvalue weighted by Crippen LogP contribution is 2.23. The molecule has 0 saturated heterocycles. The minimum atomic E-state index is -0.473. The van der Waals surface area contributed by atoms with Crippen LogP contribution in [0.15, 0.2) is 71.8 Å². The lowest BCUT2D eigenvalue weighted by atomic mass is 10.2. The van der Waals surface area contributed by atoms with Crippen LogP contribution in [-0.4, -0.2) is 36.3 Å². The van der Waals surface area contributed by atoms with Gasteiger partial charge < -0.3 is 20.1 Å². The fraction of sp³-hybridized carbons (Fsp3) is 0.200. The Kier molecular flexibility index (Phi) is 7.83. The second-order valence-electron chi connectivity index (χ2n) is 7.75. The van der Waals surface area contributed by atoms with Crippen LogP contribution in [0.5, 0.6) is 11.5 Å². The minimum Gasteiger partial charge on any atom is -0.507 e. The van der Waals surface area contributed by atoms with E-state index in [1.54, 1.807) is 12.1 Å². The maximum Gasteiger partial charge on any atom is 0.339 e. The second kappa shape index (κ2) is 11.0. The van der Waals surface area contributed by atoms with E-state index < -0.39 is 6.03 Å². The van der Waals surface area contributed by atoms with Crippen molar-refractivity contribution in [3.63, 3.8) is 0 Å². The van der Waals surface area contributed by atoms with Gasteiger partial charge in [-0.3, -0.25) is 0 Å². The number of carbonyl (C=O) groups is 1. The van der Waals surface area contributed by atoms with Crippen LogP contribution in [0.25, 0.3) is 0 Å². The first-order valence-corrected chi connectivity index (χ1v) is 10.2. The summed E-state index contributed by atoms with van der Waals surface area (Å²) in [7, 11) is 4.00. The summed E-state index contributed by atoms with van der Waals surface area (Å²) in [5, 5.41) is 16.8. The van der Waals surface area contributed by atoms with Crippen molar-refractivity contribution < 1.29 is 14.6 Å². The summed E-state index contributed by atoms with van der Waals surface area (Å²) >= 11 is 0. The first-order valence-electron chi connectivity index (χ1n) is 10.2. The highest BCUT2D eigenvalue weighted by atomic mass is 16.5. The highest BCUT2D eigenvalue weighted by molar-refractivity contribution is 5.90. The van der Waals surface area contributed by atoms with Crippen LogP contribution in [0.1, 0.15) is 22.3 Å². The van der Waals surface area contributed by atoms with Gasteiger partial charge in [-0.05, 0) is 56.4 Å². The van der Waals surface area contributed by atoms with Crippen LogP contribution in [0.2, 0.25) is 0 Å². The number of amides is 2. The summed E-state index contributed by atoms with van der Waals surface area (Å²) < 4.78 is 5.72. The minimum absolute atomic E-state index is 0.00819. The van der Waals surface area contributed by atoms with Crippen molar-refractivity contribution in [3.05, 3.63) is 89.0 Å². The van der Waals surface area contributed by atoms with E-state index in [0.717, 1.165) is 17.7 Å². The SMILES string of the molecule is Cc1ccc(COc2ccc(/C=N/NC(=O)Nc3ccc(CN(C)C)cc3)c(O)c2)cc1. The lowest BCUT2D eigenvalue weighted by Crippen LogP contribution is -2.24. The number of hydrazone groups is 1. The smallest absolute Gasteiger partial charge is 0.339 e. The van der Waals surface area contributed by atoms with E-state index in [0.29, 0.717) is 23.6 Å². The number of aryl methyl sites for hydroxylation is 1. The van der Waals surface area contributed by atoms with Gasteiger partial charge in [0, 0.05) is 23.9 Å². The number of phenols is 1. The molecule has 32 heavy (non-hydrogen) atoms. The zero-order valence-corrected chi connectivity index (χ0v) is 18.5. The van der Waals surface area contributed by atoms with Crippen molar-refractivity contribution in [1.29, 1.82) is 0 Å². The molecule has 7 nitrogen and oxygen atoms in total. The Hall–Kier alpha value is -3.84. The number of carbonyl (C=O) groups excluding carboxylic acids is 1. The largest absolute Gasteiger partial charge is 0.507 e. The Morgan fingerprint density at radius 1 is 1.03 bits per heavy atom. The molecule has 0 aromatic heterocycles. The van der Waals surface area contributed by atoms with E-state index in [2.05, 4.69) is 20.7 Å². The average molecular weight is 433 g/mol. The molecule has 0 aliphatic heterocycles. The third-order valence-electron chi connectivity index (χ3n) is 4.61. The number of anilines is 1. The predicted molar refractivity (Wildman–Crippen MR) is 127 cm³/mol. The van der Waals surface area contributed by atoms with E-state index in [9.17, 15) is 9.90 Å². The quantitative estimate of drug-likeness (QED) is 0.361. The Morgan fingerprint density at radius 2 is 1.72 bits per heavy atom. The van der Waals surface area contributed by atoms with Gasteiger partial charge in [0.25, 0.3) is 0 Å².